The summed E-state index contributed by atoms with van der Waals surface area (Å²) in [6.45, 7) is 11.7. The van der Waals surface area contributed by atoms with Gasteiger partial charge in [-0.25, -0.2) is 9.59 Å². The fourth-order valence-electron chi connectivity index (χ4n) is 3.38. The molecule has 0 radical (unpaired) electrons. The van der Waals surface area contributed by atoms with Crippen LogP contribution in [0.3, 0.4) is 0 Å². The lowest BCUT2D eigenvalue weighted by Gasteiger charge is -2.28. The first-order chi connectivity index (χ1) is 13.1. The number of ether oxygens (including phenoxy) is 3. The van der Waals surface area contributed by atoms with E-state index in [1.807, 2.05) is 6.92 Å². The van der Waals surface area contributed by atoms with Crippen LogP contribution in [0.5, 0.6) is 0 Å². The van der Waals surface area contributed by atoms with Crippen LogP contribution in [0.1, 0.15) is 33.6 Å². The molecule has 1 fully saturated rings. The third-order valence-corrected chi connectivity index (χ3v) is 4.65. The average molecular weight is 390 g/mol. The molecule has 28 heavy (non-hydrogen) atoms. The van der Waals surface area contributed by atoms with Gasteiger partial charge in [-0.3, -0.25) is 4.79 Å². The minimum Gasteiger partial charge on any atom is -0.458 e. The van der Waals surface area contributed by atoms with E-state index in [4.69, 9.17) is 14.2 Å². The van der Waals surface area contributed by atoms with Crippen LogP contribution < -0.4 is 0 Å². The number of esters is 3. The van der Waals surface area contributed by atoms with Crippen LogP contribution in [-0.4, -0.2) is 47.9 Å². The lowest BCUT2D eigenvalue weighted by Crippen LogP contribution is -2.34. The van der Waals surface area contributed by atoms with Gasteiger partial charge in [0.15, 0.2) is 0 Å². The second kappa shape index (κ2) is 9.01. The van der Waals surface area contributed by atoms with E-state index < -0.39 is 42.1 Å². The van der Waals surface area contributed by atoms with Crippen molar-refractivity contribution in [2.45, 2.75) is 51.9 Å². The van der Waals surface area contributed by atoms with Gasteiger partial charge in [-0.05, 0) is 31.6 Å². The predicted octanol–water partition coefficient (Wildman–Crippen LogP) is 2.16. The molecule has 0 spiro atoms. The smallest absolute Gasteiger partial charge is 0.334 e. The third-order valence-electron chi connectivity index (χ3n) is 4.65. The van der Waals surface area contributed by atoms with Crippen LogP contribution in [0.25, 0.3) is 0 Å². The maximum Gasteiger partial charge on any atom is 0.334 e. The topological polar surface area (TPSA) is 99.1 Å². The Morgan fingerprint density at radius 1 is 1.25 bits per heavy atom. The fourth-order valence-corrected chi connectivity index (χ4v) is 3.38. The maximum absolute atomic E-state index is 12.2. The summed E-state index contributed by atoms with van der Waals surface area (Å²) in [5, 5.41) is 9.81. The first kappa shape index (κ1) is 21.6. The average Bonchev–Trinajstić information content (AvgIpc) is 2.85. The van der Waals surface area contributed by atoms with E-state index in [1.54, 1.807) is 12.2 Å². The Morgan fingerprint density at radius 3 is 2.50 bits per heavy atom. The molecule has 152 valence electrons. The van der Waals surface area contributed by atoms with Crippen LogP contribution in [0, 0.1) is 5.92 Å². The summed E-state index contributed by atoms with van der Waals surface area (Å²) >= 11 is 0. The van der Waals surface area contributed by atoms with Crippen LogP contribution in [0.4, 0.5) is 0 Å². The molecule has 1 saturated heterocycles. The predicted molar refractivity (Wildman–Crippen MR) is 101 cm³/mol. The van der Waals surface area contributed by atoms with Gasteiger partial charge in [0.2, 0.25) is 0 Å². The van der Waals surface area contributed by atoms with Gasteiger partial charge in [0.1, 0.15) is 18.3 Å². The molecule has 0 aromatic heterocycles. The first-order valence-corrected chi connectivity index (χ1v) is 9.03. The van der Waals surface area contributed by atoms with Crippen molar-refractivity contribution in [3.05, 3.63) is 47.6 Å². The number of rotatable bonds is 4. The van der Waals surface area contributed by atoms with Crippen molar-refractivity contribution in [3.63, 3.8) is 0 Å². The summed E-state index contributed by atoms with van der Waals surface area (Å²) < 4.78 is 16.3. The van der Waals surface area contributed by atoms with E-state index in [0.717, 1.165) is 5.57 Å². The molecule has 7 nitrogen and oxygen atoms in total. The van der Waals surface area contributed by atoms with Gasteiger partial charge >= 0.3 is 17.9 Å². The highest BCUT2D eigenvalue weighted by molar-refractivity contribution is 5.91. The highest BCUT2D eigenvalue weighted by atomic mass is 16.6. The second-order valence-electron chi connectivity index (χ2n) is 7.20. The molecule has 0 saturated carbocycles. The SMILES string of the molecule is C=C(C)C(=O)OC1C/C(CO)=C\C(OC(C)=O)CC(C)=CC2OC(=O)C(=C)C21. The molecule has 0 bridgehead atoms. The highest BCUT2D eigenvalue weighted by Gasteiger charge is 2.44. The minimum absolute atomic E-state index is 0.136. The molecule has 2 rings (SSSR count). The zero-order valence-corrected chi connectivity index (χ0v) is 16.4. The Kier molecular flexibility index (Phi) is 6.96. The highest BCUT2D eigenvalue weighted by Crippen LogP contribution is 2.36. The van der Waals surface area contributed by atoms with Crippen LogP contribution >= 0.6 is 0 Å². The molecule has 0 amide bonds. The molecule has 4 unspecified atom stereocenters. The van der Waals surface area contributed by atoms with Crippen molar-refractivity contribution in [1.82, 2.24) is 0 Å². The van der Waals surface area contributed by atoms with Gasteiger partial charge in [-0.15, -0.1) is 0 Å². The van der Waals surface area contributed by atoms with Crippen molar-refractivity contribution in [2.24, 2.45) is 5.92 Å². The van der Waals surface area contributed by atoms with Crippen LogP contribution in [-0.2, 0) is 28.6 Å². The number of aliphatic hydroxyl groups excluding tert-OH is 1. The Hall–Kier alpha value is -2.67. The Bertz CT molecular complexity index is 759. The molecule has 0 aromatic rings. The zero-order valence-electron chi connectivity index (χ0n) is 16.4. The summed E-state index contributed by atoms with van der Waals surface area (Å²) in [5.74, 6) is -2.21. The van der Waals surface area contributed by atoms with E-state index in [1.165, 1.54) is 13.8 Å². The number of hydrogen-bond donors (Lipinski definition) is 1. The van der Waals surface area contributed by atoms with E-state index >= 15 is 0 Å². The standard InChI is InChI=1S/C21H26O7/c1-11(2)20(24)27-18-9-15(10-22)8-16(26-14(5)23)6-12(3)7-17-19(18)13(4)21(25)28-17/h7-8,16-19,22H,1,4,6,9-10H2,2-3,5H3/b12-7?,15-8+. The summed E-state index contributed by atoms with van der Waals surface area (Å²) in [6.07, 6.45) is 1.87. The number of aliphatic hydroxyl groups is 1. The Labute approximate surface area is 164 Å². The molecule has 1 N–H and O–H groups in total. The monoisotopic (exact) mass is 390 g/mol. The number of hydrogen-bond acceptors (Lipinski definition) is 7. The summed E-state index contributed by atoms with van der Waals surface area (Å²) in [7, 11) is 0. The van der Waals surface area contributed by atoms with E-state index in [2.05, 4.69) is 13.2 Å². The fraction of sp³-hybridized carbons (Fsp3) is 0.476. The van der Waals surface area contributed by atoms with E-state index in [-0.39, 0.29) is 24.2 Å². The Balaban J connectivity index is 2.48. The molecule has 4 atom stereocenters. The molecule has 2 aliphatic rings. The van der Waals surface area contributed by atoms with Gasteiger partial charge in [0.05, 0.1) is 12.5 Å². The largest absolute Gasteiger partial charge is 0.458 e. The van der Waals surface area contributed by atoms with Gasteiger partial charge in [0, 0.05) is 30.9 Å². The molecule has 1 aliphatic heterocycles. The molecule has 7 heteroatoms. The van der Waals surface area contributed by atoms with Crippen molar-refractivity contribution < 1.29 is 33.7 Å². The van der Waals surface area contributed by atoms with Crippen LogP contribution in [0.2, 0.25) is 0 Å². The van der Waals surface area contributed by atoms with Crippen molar-refractivity contribution >= 4 is 17.9 Å². The number of fused-ring (bicyclic) bond motifs is 1. The second-order valence-corrected chi connectivity index (χ2v) is 7.20. The minimum atomic E-state index is -0.799. The summed E-state index contributed by atoms with van der Waals surface area (Å²) in [5.41, 5.74) is 1.77. The van der Waals surface area contributed by atoms with Crippen molar-refractivity contribution in [3.8, 4) is 0 Å². The normalized spacial score (nSPS) is 29.6. The quantitative estimate of drug-likeness (QED) is 0.340. The third kappa shape index (κ3) is 5.19. The van der Waals surface area contributed by atoms with Gasteiger partial charge in [-0.2, -0.15) is 0 Å². The number of carbonyl (C=O) groups is 3. The van der Waals surface area contributed by atoms with E-state index in [9.17, 15) is 19.5 Å². The lowest BCUT2D eigenvalue weighted by atomic mass is 9.85. The van der Waals surface area contributed by atoms with Crippen molar-refractivity contribution in [1.29, 1.82) is 0 Å². The molecule has 1 aliphatic carbocycles. The maximum atomic E-state index is 12.2. The molecular formula is C21H26O7. The zero-order chi connectivity index (χ0) is 21.0. The van der Waals surface area contributed by atoms with E-state index in [0.29, 0.717) is 12.0 Å². The van der Waals surface area contributed by atoms with Gasteiger partial charge in [-0.1, -0.05) is 18.7 Å². The van der Waals surface area contributed by atoms with Crippen LogP contribution in [0.15, 0.2) is 47.6 Å². The Morgan fingerprint density at radius 2 is 1.93 bits per heavy atom. The first-order valence-electron chi connectivity index (χ1n) is 9.03. The molecule has 0 aromatic carbocycles. The molecular weight excluding hydrogens is 364 g/mol. The molecule has 1 heterocycles. The lowest BCUT2D eigenvalue weighted by molar-refractivity contribution is -0.147. The van der Waals surface area contributed by atoms with Gasteiger partial charge < -0.3 is 19.3 Å². The number of carbonyl (C=O) groups excluding carboxylic acids is 3. The summed E-state index contributed by atoms with van der Waals surface area (Å²) in [4.78, 5) is 35.7. The summed E-state index contributed by atoms with van der Waals surface area (Å²) in [6, 6.07) is 0. The van der Waals surface area contributed by atoms with Gasteiger partial charge in [0.25, 0.3) is 0 Å². The van der Waals surface area contributed by atoms with Crippen molar-refractivity contribution in [2.75, 3.05) is 6.61 Å².